The normalized spacial score (nSPS) is 11.8. The Labute approximate surface area is 103 Å². The van der Waals surface area contributed by atoms with Crippen molar-refractivity contribution >= 4 is 21.6 Å². The summed E-state index contributed by atoms with van der Waals surface area (Å²) in [7, 11) is 0. The van der Waals surface area contributed by atoms with Gasteiger partial charge in [-0.05, 0) is 28.4 Å². The maximum atomic E-state index is 11.7. The molecular formula is C9H10BrF3N2O2. The molecule has 1 rings (SSSR count). The average Bonchev–Trinajstić information content (AvgIpc) is 2.21. The molecule has 96 valence electrons. The third kappa shape index (κ3) is 3.74. The summed E-state index contributed by atoms with van der Waals surface area (Å²) >= 11 is 3.04. The van der Waals surface area contributed by atoms with E-state index in [1.807, 2.05) is 0 Å². The van der Waals surface area contributed by atoms with Gasteiger partial charge in [0.05, 0.1) is 16.8 Å². The third-order valence-electron chi connectivity index (χ3n) is 2.10. The van der Waals surface area contributed by atoms with Crippen molar-refractivity contribution in [3.05, 3.63) is 26.6 Å². The minimum Gasteiger partial charge on any atom is -0.397 e. The maximum absolute atomic E-state index is 11.7. The summed E-state index contributed by atoms with van der Waals surface area (Å²) in [4.78, 5) is 11.6. The number of pyridine rings is 1. The number of alkyl halides is 3. The average molecular weight is 315 g/mol. The molecular weight excluding hydrogens is 305 g/mol. The van der Waals surface area contributed by atoms with Gasteiger partial charge in [0.15, 0.2) is 0 Å². The standard InChI is InChI=1S/C9H10BrF3N2O2/c1-5-6(14)4-15(8(16)7(5)10)2-3-17-9(11,12)13/h4H,2-3,14H2,1H3. The maximum Gasteiger partial charge on any atom is 0.522 e. The van der Waals surface area contributed by atoms with Crippen LogP contribution in [0, 0.1) is 6.92 Å². The van der Waals surface area contributed by atoms with Crippen molar-refractivity contribution in [2.75, 3.05) is 12.3 Å². The number of nitrogens with zero attached hydrogens (tertiary/aromatic N) is 1. The molecule has 0 atom stereocenters. The highest BCUT2D eigenvalue weighted by atomic mass is 79.9. The van der Waals surface area contributed by atoms with E-state index >= 15 is 0 Å². The molecule has 4 nitrogen and oxygen atoms in total. The van der Waals surface area contributed by atoms with Crippen LogP contribution in [-0.2, 0) is 11.3 Å². The third-order valence-corrected chi connectivity index (χ3v) is 3.04. The summed E-state index contributed by atoms with van der Waals surface area (Å²) in [6.07, 6.45) is -3.40. The summed E-state index contributed by atoms with van der Waals surface area (Å²) in [5, 5.41) is 0. The second-order valence-electron chi connectivity index (χ2n) is 3.32. The monoisotopic (exact) mass is 314 g/mol. The summed E-state index contributed by atoms with van der Waals surface area (Å²) in [5.74, 6) is 0. The second-order valence-corrected chi connectivity index (χ2v) is 4.11. The molecule has 0 aliphatic carbocycles. The van der Waals surface area contributed by atoms with E-state index < -0.39 is 18.5 Å². The van der Waals surface area contributed by atoms with Gasteiger partial charge in [-0.25, -0.2) is 0 Å². The number of ether oxygens (including phenoxy) is 1. The van der Waals surface area contributed by atoms with Crippen molar-refractivity contribution < 1.29 is 17.9 Å². The van der Waals surface area contributed by atoms with Crippen molar-refractivity contribution in [1.82, 2.24) is 4.57 Å². The van der Waals surface area contributed by atoms with Crippen molar-refractivity contribution in [3.8, 4) is 0 Å². The van der Waals surface area contributed by atoms with E-state index in [0.29, 0.717) is 11.3 Å². The van der Waals surface area contributed by atoms with Gasteiger partial charge >= 0.3 is 6.36 Å². The lowest BCUT2D eigenvalue weighted by atomic mass is 10.2. The Morgan fingerprint density at radius 1 is 1.53 bits per heavy atom. The molecule has 0 fully saturated rings. The van der Waals surface area contributed by atoms with Crippen LogP contribution in [0.25, 0.3) is 0 Å². The molecule has 0 spiro atoms. The number of rotatable bonds is 3. The van der Waals surface area contributed by atoms with E-state index in [0.717, 1.165) is 4.57 Å². The van der Waals surface area contributed by atoms with Crippen LogP contribution >= 0.6 is 15.9 Å². The predicted molar refractivity (Wildman–Crippen MR) is 59.6 cm³/mol. The van der Waals surface area contributed by atoms with Gasteiger partial charge in [-0.2, -0.15) is 0 Å². The Hall–Kier alpha value is -1.02. The highest BCUT2D eigenvalue weighted by Crippen LogP contribution is 2.18. The molecule has 8 heteroatoms. The fraction of sp³-hybridized carbons (Fsp3) is 0.444. The molecule has 0 unspecified atom stereocenters. The Morgan fingerprint density at radius 2 is 2.12 bits per heavy atom. The van der Waals surface area contributed by atoms with Crippen LogP contribution in [0.1, 0.15) is 5.56 Å². The molecule has 0 amide bonds. The lowest BCUT2D eigenvalue weighted by molar-refractivity contribution is -0.325. The van der Waals surface area contributed by atoms with Crippen LogP contribution in [-0.4, -0.2) is 17.5 Å². The summed E-state index contributed by atoms with van der Waals surface area (Å²) in [6, 6.07) is 0. The molecule has 0 radical (unpaired) electrons. The lowest BCUT2D eigenvalue weighted by Gasteiger charge is -2.11. The second kappa shape index (κ2) is 5.09. The minimum absolute atomic E-state index is 0.221. The van der Waals surface area contributed by atoms with Crippen LogP contribution in [0.2, 0.25) is 0 Å². The summed E-state index contributed by atoms with van der Waals surface area (Å²) in [6.45, 7) is 0.775. The van der Waals surface area contributed by atoms with Crippen LogP contribution < -0.4 is 11.3 Å². The topological polar surface area (TPSA) is 57.2 Å². The number of nitrogen functional groups attached to an aromatic ring is 1. The number of nitrogens with two attached hydrogens (primary N) is 1. The highest BCUT2D eigenvalue weighted by molar-refractivity contribution is 9.10. The SMILES string of the molecule is Cc1c(N)cn(CCOC(F)(F)F)c(=O)c1Br. The zero-order chi connectivity index (χ0) is 13.2. The Balaban J connectivity index is 2.83. The number of hydrogen-bond acceptors (Lipinski definition) is 3. The molecule has 1 heterocycles. The molecule has 1 aromatic rings. The molecule has 17 heavy (non-hydrogen) atoms. The zero-order valence-electron chi connectivity index (χ0n) is 8.84. The molecule has 2 N–H and O–H groups in total. The van der Waals surface area contributed by atoms with Gasteiger partial charge in [-0.3, -0.25) is 9.53 Å². The van der Waals surface area contributed by atoms with Crippen LogP contribution in [0.3, 0.4) is 0 Å². The van der Waals surface area contributed by atoms with Crippen LogP contribution in [0.4, 0.5) is 18.9 Å². The quantitative estimate of drug-likeness (QED) is 0.929. The van der Waals surface area contributed by atoms with Gasteiger partial charge in [-0.1, -0.05) is 0 Å². The first-order valence-electron chi connectivity index (χ1n) is 4.58. The molecule has 0 saturated carbocycles. The van der Waals surface area contributed by atoms with Crippen molar-refractivity contribution in [2.24, 2.45) is 0 Å². The van der Waals surface area contributed by atoms with Crippen molar-refractivity contribution in [1.29, 1.82) is 0 Å². The summed E-state index contributed by atoms with van der Waals surface area (Å²) in [5.41, 5.74) is 6.03. The van der Waals surface area contributed by atoms with E-state index in [4.69, 9.17) is 5.73 Å². The molecule has 0 saturated heterocycles. The number of aromatic nitrogens is 1. The van der Waals surface area contributed by atoms with Gasteiger partial charge in [0.25, 0.3) is 5.56 Å². The fourth-order valence-electron chi connectivity index (χ4n) is 1.16. The lowest BCUT2D eigenvalue weighted by Crippen LogP contribution is -2.26. The van der Waals surface area contributed by atoms with Crippen LogP contribution in [0.15, 0.2) is 15.5 Å². The van der Waals surface area contributed by atoms with Gasteiger partial charge in [-0.15, -0.1) is 13.2 Å². The van der Waals surface area contributed by atoms with Gasteiger partial charge in [0, 0.05) is 12.7 Å². The fourth-order valence-corrected chi connectivity index (χ4v) is 1.62. The van der Waals surface area contributed by atoms with Gasteiger partial charge in [0.2, 0.25) is 0 Å². The molecule has 0 aliphatic heterocycles. The molecule has 0 bridgehead atoms. The molecule has 1 aromatic heterocycles. The zero-order valence-corrected chi connectivity index (χ0v) is 10.4. The molecule has 0 aliphatic rings. The Morgan fingerprint density at radius 3 is 2.65 bits per heavy atom. The van der Waals surface area contributed by atoms with E-state index in [1.165, 1.54) is 6.20 Å². The first-order chi connectivity index (χ1) is 7.72. The number of halogens is 4. The van der Waals surface area contributed by atoms with E-state index in [-0.39, 0.29) is 11.0 Å². The largest absolute Gasteiger partial charge is 0.522 e. The van der Waals surface area contributed by atoms with E-state index in [9.17, 15) is 18.0 Å². The first-order valence-corrected chi connectivity index (χ1v) is 5.37. The minimum atomic E-state index is -4.70. The smallest absolute Gasteiger partial charge is 0.397 e. The Kier molecular flexibility index (Phi) is 4.21. The van der Waals surface area contributed by atoms with Gasteiger partial charge in [0.1, 0.15) is 0 Å². The highest BCUT2D eigenvalue weighted by Gasteiger charge is 2.28. The van der Waals surface area contributed by atoms with E-state index in [2.05, 4.69) is 20.7 Å². The predicted octanol–water partition coefficient (Wildman–Crippen LogP) is 2.04. The number of hydrogen-bond donors (Lipinski definition) is 1. The number of anilines is 1. The van der Waals surface area contributed by atoms with Gasteiger partial charge < -0.3 is 10.3 Å². The van der Waals surface area contributed by atoms with Crippen molar-refractivity contribution in [2.45, 2.75) is 19.8 Å². The molecule has 0 aromatic carbocycles. The van der Waals surface area contributed by atoms with Crippen molar-refractivity contribution in [3.63, 3.8) is 0 Å². The van der Waals surface area contributed by atoms with E-state index in [1.54, 1.807) is 6.92 Å². The summed E-state index contributed by atoms with van der Waals surface area (Å²) < 4.78 is 40.1. The van der Waals surface area contributed by atoms with Crippen LogP contribution in [0.5, 0.6) is 0 Å². The Bertz CT molecular complexity index is 471. The first kappa shape index (κ1) is 14.0.